The Bertz CT molecular complexity index is 437. The standard InChI is InChI=1S/C11H14N2O2S/c1-7-6-15-11(13-7)16-10(8(2)12)9-4-3-5-14-9/h3-6,8,10H,12H2,1-2H3. The summed E-state index contributed by atoms with van der Waals surface area (Å²) in [5, 5.41) is 0.643. The minimum atomic E-state index is -0.0386. The number of aryl methyl sites for hydroxylation is 1. The van der Waals surface area contributed by atoms with E-state index < -0.39 is 0 Å². The number of nitrogens with two attached hydrogens (primary N) is 1. The maximum Gasteiger partial charge on any atom is 0.256 e. The summed E-state index contributed by atoms with van der Waals surface area (Å²) in [6.07, 6.45) is 3.27. The van der Waals surface area contributed by atoms with Gasteiger partial charge in [-0.1, -0.05) is 11.8 Å². The molecule has 0 aliphatic heterocycles. The lowest BCUT2D eigenvalue weighted by atomic mass is 10.2. The van der Waals surface area contributed by atoms with Crippen LogP contribution in [0.2, 0.25) is 0 Å². The van der Waals surface area contributed by atoms with Gasteiger partial charge in [0.25, 0.3) is 5.22 Å². The molecule has 0 amide bonds. The molecule has 0 aliphatic carbocycles. The third-order valence-corrected chi connectivity index (χ3v) is 3.43. The number of furan rings is 1. The van der Waals surface area contributed by atoms with E-state index in [0.29, 0.717) is 5.22 Å². The van der Waals surface area contributed by atoms with Gasteiger partial charge in [-0.2, -0.15) is 0 Å². The van der Waals surface area contributed by atoms with Crippen molar-refractivity contribution in [2.24, 2.45) is 5.73 Å². The van der Waals surface area contributed by atoms with E-state index in [4.69, 9.17) is 14.6 Å². The van der Waals surface area contributed by atoms with E-state index in [2.05, 4.69) is 4.98 Å². The maximum absolute atomic E-state index is 5.93. The van der Waals surface area contributed by atoms with Crippen LogP contribution in [0.25, 0.3) is 0 Å². The predicted molar refractivity (Wildman–Crippen MR) is 62.2 cm³/mol. The van der Waals surface area contributed by atoms with Gasteiger partial charge in [0.2, 0.25) is 0 Å². The maximum atomic E-state index is 5.93. The number of thioether (sulfide) groups is 1. The minimum Gasteiger partial charge on any atom is -0.468 e. The fraction of sp³-hybridized carbons (Fsp3) is 0.364. The molecule has 2 aromatic rings. The van der Waals surface area contributed by atoms with Gasteiger partial charge in [0.05, 0.1) is 17.2 Å². The summed E-state index contributed by atoms with van der Waals surface area (Å²) < 4.78 is 10.7. The molecule has 0 bridgehead atoms. The van der Waals surface area contributed by atoms with Gasteiger partial charge in [0.1, 0.15) is 12.0 Å². The highest BCUT2D eigenvalue weighted by molar-refractivity contribution is 7.99. The SMILES string of the molecule is Cc1coc(SC(c2ccco2)C(C)N)n1. The molecule has 86 valence electrons. The first-order chi connectivity index (χ1) is 7.66. The topological polar surface area (TPSA) is 65.2 Å². The van der Waals surface area contributed by atoms with Crippen LogP contribution in [0, 0.1) is 6.92 Å². The molecule has 2 N–H and O–H groups in total. The molecular formula is C11H14N2O2S. The normalized spacial score (nSPS) is 14.9. The van der Waals surface area contributed by atoms with Crippen LogP contribution in [0.3, 0.4) is 0 Å². The molecule has 0 aromatic carbocycles. The summed E-state index contributed by atoms with van der Waals surface area (Å²) in [4.78, 5) is 4.24. The van der Waals surface area contributed by atoms with Gasteiger partial charge < -0.3 is 14.6 Å². The van der Waals surface area contributed by atoms with Crippen molar-refractivity contribution in [2.45, 2.75) is 30.4 Å². The average molecular weight is 238 g/mol. The molecule has 0 saturated carbocycles. The van der Waals surface area contributed by atoms with Gasteiger partial charge in [-0.3, -0.25) is 0 Å². The fourth-order valence-corrected chi connectivity index (χ4v) is 2.36. The number of hydrogen-bond donors (Lipinski definition) is 1. The molecule has 0 aliphatic rings. The molecule has 16 heavy (non-hydrogen) atoms. The first kappa shape index (κ1) is 11.3. The zero-order chi connectivity index (χ0) is 11.5. The van der Waals surface area contributed by atoms with Crippen LogP contribution in [0.4, 0.5) is 0 Å². The molecule has 2 heterocycles. The van der Waals surface area contributed by atoms with E-state index >= 15 is 0 Å². The molecule has 0 spiro atoms. The summed E-state index contributed by atoms with van der Waals surface area (Å²) in [7, 11) is 0. The van der Waals surface area contributed by atoms with Crippen LogP contribution in [0.1, 0.15) is 23.6 Å². The van der Waals surface area contributed by atoms with Crippen molar-refractivity contribution in [3.8, 4) is 0 Å². The second kappa shape index (κ2) is 4.76. The Hall–Kier alpha value is -1.20. The Morgan fingerprint density at radius 2 is 2.25 bits per heavy atom. The zero-order valence-corrected chi connectivity index (χ0v) is 10.0. The van der Waals surface area contributed by atoms with Crippen LogP contribution in [-0.2, 0) is 0 Å². The highest BCUT2D eigenvalue weighted by Gasteiger charge is 2.22. The van der Waals surface area contributed by atoms with E-state index in [-0.39, 0.29) is 11.3 Å². The molecule has 2 rings (SSSR count). The summed E-state index contributed by atoms with van der Waals surface area (Å²) >= 11 is 1.48. The van der Waals surface area contributed by atoms with Gasteiger partial charge in [-0.15, -0.1) is 0 Å². The number of oxazole rings is 1. The fourth-order valence-electron chi connectivity index (χ4n) is 1.37. The molecule has 2 unspecified atom stereocenters. The van der Waals surface area contributed by atoms with E-state index in [9.17, 15) is 0 Å². The average Bonchev–Trinajstić information content (AvgIpc) is 2.84. The van der Waals surface area contributed by atoms with Gasteiger partial charge in [-0.05, 0) is 26.0 Å². The number of rotatable bonds is 4. The second-order valence-corrected chi connectivity index (χ2v) is 4.76. The molecule has 0 radical (unpaired) electrons. The van der Waals surface area contributed by atoms with Gasteiger partial charge in [0.15, 0.2) is 0 Å². The Morgan fingerprint density at radius 3 is 2.75 bits per heavy atom. The highest BCUT2D eigenvalue weighted by Crippen LogP contribution is 2.36. The predicted octanol–water partition coefficient (Wildman–Crippen LogP) is 2.76. The Morgan fingerprint density at radius 1 is 1.44 bits per heavy atom. The third-order valence-electron chi connectivity index (χ3n) is 2.13. The number of hydrogen-bond acceptors (Lipinski definition) is 5. The molecule has 0 fully saturated rings. The van der Waals surface area contributed by atoms with Crippen LogP contribution >= 0.6 is 11.8 Å². The van der Waals surface area contributed by atoms with Crippen molar-refractivity contribution in [1.29, 1.82) is 0 Å². The van der Waals surface area contributed by atoms with Crippen LogP contribution in [0.5, 0.6) is 0 Å². The van der Waals surface area contributed by atoms with Crippen molar-refractivity contribution in [3.05, 3.63) is 36.1 Å². The molecule has 0 saturated heterocycles. The van der Waals surface area contributed by atoms with Crippen molar-refractivity contribution in [2.75, 3.05) is 0 Å². The highest BCUT2D eigenvalue weighted by atomic mass is 32.2. The zero-order valence-electron chi connectivity index (χ0n) is 9.21. The summed E-state index contributed by atoms with van der Waals surface area (Å²) in [6.45, 7) is 3.83. The number of aromatic nitrogens is 1. The van der Waals surface area contributed by atoms with Gasteiger partial charge in [0, 0.05) is 6.04 Å². The lowest BCUT2D eigenvalue weighted by Crippen LogP contribution is -2.22. The van der Waals surface area contributed by atoms with Crippen molar-refractivity contribution in [3.63, 3.8) is 0 Å². The Labute approximate surface area is 98.2 Å². The minimum absolute atomic E-state index is 0.0213. The van der Waals surface area contributed by atoms with E-state index in [1.54, 1.807) is 12.5 Å². The Kier molecular flexibility index (Phi) is 3.36. The Balaban J connectivity index is 2.15. The first-order valence-electron chi connectivity index (χ1n) is 5.04. The van der Waals surface area contributed by atoms with Crippen molar-refractivity contribution in [1.82, 2.24) is 4.98 Å². The van der Waals surface area contributed by atoms with Crippen LogP contribution < -0.4 is 5.73 Å². The summed E-state index contributed by atoms with van der Waals surface area (Å²) in [5.41, 5.74) is 6.80. The van der Waals surface area contributed by atoms with Gasteiger partial charge >= 0.3 is 0 Å². The third kappa shape index (κ3) is 2.48. The lowest BCUT2D eigenvalue weighted by molar-refractivity contribution is 0.446. The van der Waals surface area contributed by atoms with E-state index in [1.165, 1.54) is 11.8 Å². The van der Waals surface area contributed by atoms with E-state index in [0.717, 1.165) is 11.5 Å². The van der Waals surface area contributed by atoms with Crippen LogP contribution in [-0.4, -0.2) is 11.0 Å². The van der Waals surface area contributed by atoms with Crippen molar-refractivity contribution < 1.29 is 8.83 Å². The molecule has 5 heteroatoms. The van der Waals surface area contributed by atoms with Crippen LogP contribution in [0.15, 0.2) is 38.7 Å². The summed E-state index contributed by atoms with van der Waals surface area (Å²) in [6, 6.07) is 3.73. The first-order valence-corrected chi connectivity index (χ1v) is 5.92. The molecule has 4 nitrogen and oxygen atoms in total. The largest absolute Gasteiger partial charge is 0.468 e. The monoisotopic (exact) mass is 238 g/mol. The lowest BCUT2D eigenvalue weighted by Gasteiger charge is -2.15. The second-order valence-electron chi connectivity index (χ2n) is 3.67. The number of nitrogens with zero attached hydrogens (tertiary/aromatic N) is 1. The molecule has 2 atom stereocenters. The smallest absolute Gasteiger partial charge is 0.256 e. The molecule has 2 aromatic heterocycles. The summed E-state index contributed by atoms with van der Waals surface area (Å²) in [5.74, 6) is 0.843. The quantitative estimate of drug-likeness (QED) is 0.830. The molecular weight excluding hydrogens is 224 g/mol. The van der Waals surface area contributed by atoms with Crippen molar-refractivity contribution >= 4 is 11.8 Å². The van der Waals surface area contributed by atoms with E-state index in [1.807, 2.05) is 26.0 Å². The van der Waals surface area contributed by atoms with Gasteiger partial charge in [-0.25, -0.2) is 4.98 Å².